The number of hydrogen-bond donors (Lipinski definition) is 2. The van der Waals surface area contributed by atoms with E-state index in [0.29, 0.717) is 17.2 Å². The zero-order chi connectivity index (χ0) is 20.5. The van der Waals surface area contributed by atoms with Crippen LogP contribution in [-0.2, 0) is 9.59 Å². The number of carboxylic acid groups (broad SMARTS) is 1. The van der Waals surface area contributed by atoms with Crippen LogP contribution in [0.4, 0.5) is 5.69 Å². The Hall–Kier alpha value is -3.59. The molecule has 0 aliphatic heterocycles. The van der Waals surface area contributed by atoms with E-state index in [2.05, 4.69) is 19.2 Å². The van der Waals surface area contributed by atoms with E-state index in [1.165, 1.54) is 11.6 Å². The Balaban J connectivity index is 2.18. The summed E-state index contributed by atoms with van der Waals surface area (Å²) in [7, 11) is 0. The molecule has 0 radical (unpaired) electrons. The van der Waals surface area contributed by atoms with Crippen LogP contribution in [0.3, 0.4) is 0 Å². The number of rotatable bonds is 8. The first-order valence-electron chi connectivity index (χ1n) is 8.91. The van der Waals surface area contributed by atoms with Crippen molar-refractivity contribution in [3.05, 3.63) is 65.2 Å². The summed E-state index contributed by atoms with van der Waals surface area (Å²) in [6, 6.07) is 16.0. The van der Waals surface area contributed by atoms with E-state index in [-0.39, 0.29) is 11.3 Å². The quantitative estimate of drug-likeness (QED) is 0.529. The molecule has 0 fully saturated rings. The summed E-state index contributed by atoms with van der Waals surface area (Å²) in [6.07, 6.45) is 2.40. The first-order valence-corrected chi connectivity index (χ1v) is 8.91. The van der Waals surface area contributed by atoms with Crippen LogP contribution in [-0.4, -0.2) is 23.6 Å². The van der Waals surface area contributed by atoms with Crippen LogP contribution >= 0.6 is 0 Å². The number of benzene rings is 2. The van der Waals surface area contributed by atoms with Crippen molar-refractivity contribution in [1.82, 2.24) is 0 Å². The van der Waals surface area contributed by atoms with E-state index >= 15 is 0 Å². The van der Waals surface area contributed by atoms with Gasteiger partial charge in [-0.2, -0.15) is 5.26 Å². The fraction of sp³-hybridized carbons (Fsp3) is 0.227. The second kappa shape index (κ2) is 9.93. The predicted octanol–water partition coefficient (Wildman–Crippen LogP) is 4.21. The number of para-hydroxylation sites is 1. The molecule has 0 spiro atoms. The summed E-state index contributed by atoms with van der Waals surface area (Å²) in [5.41, 5.74) is 2.11. The molecule has 0 aliphatic carbocycles. The summed E-state index contributed by atoms with van der Waals surface area (Å²) in [4.78, 5) is 23.2. The van der Waals surface area contributed by atoms with Gasteiger partial charge in [0.15, 0.2) is 6.61 Å². The monoisotopic (exact) mass is 378 g/mol. The van der Waals surface area contributed by atoms with Gasteiger partial charge in [0, 0.05) is 11.3 Å². The first-order chi connectivity index (χ1) is 13.4. The molecule has 6 heteroatoms. The van der Waals surface area contributed by atoms with Gasteiger partial charge in [0.05, 0.1) is 0 Å². The fourth-order valence-electron chi connectivity index (χ4n) is 2.50. The molecule has 1 atom stereocenters. The van der Waals surface area contributed by atoms with Crippen LogP contribution < -0.4 is 10.1 Å². The summed E-state index contributed by atoms with van der Waals surface area (Å²) in [6.45, 7) is 3.73. The second-order valence-electron chi connectivity index (χ2n) is 6.28. The third-order valence-electron chi connectivity index (χ3n) is 4.29. The van der Waals surface area contributed by atoms with E-state index in [9.17, 15) is 14.9 Å². The minimum Gasteiger partial charge on any atom is -0.481 e. The molecule has 0 aromatic heterocycles. The zero-order valence-corrected chi connectivity index (χ0v) is 15.8. The average Bonchev–Trinajstić information content (AvgIpc) is 2.70. The van der Waals surface area contributed by atoms with Gasteiger partial charge in [-0.15, -0.1) is 0 Å². The van der Waals surface area contributed by atoms with Crippen LogP contribution in [0.1, 0.15) is 37.3 Å². The van der Waals surface area contributed by atoms with Gasteiger partial charge in [-0.1, -0.05) is 44.2 Å². The van der Waals surface area contributed by atoms with E-state index in [4.69, 9.17) is 9.84 Å². The van der Waals surface area contributed by atoms with E-state index in [1.807, 2.05) is 18.2 Å². The lowest BCUT2D eigenvalue weighted by Gasteiger charge is -2.10. The minimum absolute atomic E-state index is 0.114. The number of nitrogens with zero attached hydrogens (tertiary/aromatic N) is 1. The highest BCUT2D eigenvalue weighted by Gasteiger charge is 2.12. The lowest BCUT2D eigenvalue weighted by atomic mass is 9.98. The lowest BCUT2D eigenvalue weighted by molar-refractivity contribution is -0.139. The SMILES string of the molecule is CC[C@@H](C)c1ccc(NC(=O)/C(C#N)=C/c2ccccc2OCC(=O)O)cc1. The first kappa shape index (κ1) is 20.7. The molecule has 6 nitrogen and oxygen atoms in total. The van der Waals surface area contributed by atoms with E-state index in [0.717, 1.165) is 6.42 Å². The van der Waals surface area contributed by atoms with Crippen LogP contribution in [0.5, 0.6) is 5.75 Å². The number of aliphatic carboxylic acids is 1. The summed E-state index contributed by atoms with van der Waals surface area (Å²) < 4.78 is 5.20. The number of hydrogen-bond acceptors (Lipinski definition) is 4. The molecule has 2 N–H and O–H groups in total. The van der Waals surface area contributed by atoms with Crippen LogP contribution in [0.15, 0.2) is 54.1 Å². The minimum atomic E-state index is -1.11. The summed E-state index contributed by atoms with van der Waals surface area (Å²) in [5.74, 6) is -0.949. The number of nitrogens with one attached hydrogen (secondary N) is 1. The Bertz CT molecular complexity index is 911. The molecular weight excluding hydrogens is 356 g/mol. The number of ether oxygens (including phenoxy) is 1. The molecule has 144 valence electrons. The molecule has 1 amide bonds. The van der Waals surface area contributed by atoms with Gasteiger partial charge in [-0.3, -0.25) is 4.79 Å². The normalized spacial score (nSPS) is 12.0. The van der Waals surface area contributed by atoms with Gasteiger partial charge in [-0.05, 0) is 42.2 Å². The smallest absolute Gasteiger partial charge is 0.341 e. The maximum atomic E-state index is 12.5. The van der Waals surface area contributed by atoms with Gasteiger partial charge in [0.25, 0.3) is 5.91 Å². The Morgan fingerprint density at radius 2 is 1.89 bits per heavy atom. The molecule has 0 heterocycles. The van der Waals surface area contributed by atoms with Crippen molar-refractivity contribution in [3.63, 3.8) is 0 Å². The van der Waals surface area contributed by atoms with Crippen LogP contribution in [0, 0.1) is 11.3 Å². The number of nitriles is 1. The fourth-order valence-corrected chi connectivity index (χ4v) is 2.50. The number of carboxylic acids is 1. The zero-order valence-electron chi connectivity index (χ0n) is 15.8. The van der Waals surface area contributed by atoms with Crippen molar-refractivity contribution in [3.8, 4) is 11.8 Å². The largest absolute Gasteiger partial charge is 0.481 e. The molecule has 0 unspecified atom stereocenters. The molecule has 2 rings (SSSR count). The van der Waals surface area contributed by atoms with E-state index < -0.39 is 18.5 Å². The highest BCUT2D eigenvalue weighted by molar-refractivity contribution is 6.09. The molecule has 0 saturated heterocycles. The predicted molar refractivity (Wildman–Crippen MR) is 107 cm³/mol. The topological polar surface area (TPSA) is 99.4 Å². The van der Waals surface area contributed by atoms with Crippen molar-refractivity contribution < 1.29 is 19.4 Å². The third kappa shape index (κ3) is 5.71. The average molecular weight is 378 g/mol. The lowest BCUT2D eigenvalue weighted by Crippen LogP contribution is -2.14. The number of amides is 1. The Morgan fingerprint density at radius 3 is 2.50 bits per heavy atom. The molecule has 0 saturated carbocycles. The van der Waals surface area contributed by atoms with Gasteiger partial charge >= 0.3 is 5.97 Å². The van der Waals surface area contributed by atoms with E-state index in [1.54, 1.807) is 36.4 Å². The van der Waals surface area contributed by atoms with Gasteiger partial charge in [0.1, 0.15) is 17.4 Å². The van der Waals surface area contributed by atoms with Crippen molar-refractivity contribution in [2.75, 3.05) is 11.9 Å². The van der Waals surface area contributed by atoms with Crippen molar-refractivity contribution in [2.24, 2.45) is 0 Å². The number of anilines is 1. The molecule has 2 aromatic rings. The maximum Gasteiger partial charge on any atom is 0.341 e. The Kier molecular flexibility index (Phi) is 7.35. The molecule has 0 bridgehead atoms. The third-order valence-corrected chi connectivity index (χ3v) is 4.29. The van der Waals surface area contributed by atoms with Gasteiger partial charge in [0.2, 0.25) is 0 Å². The molecule has 0 aliphatic rings. The number of carbonyl (C=O) groups excluding carboxylic acids is 1. The van der Waals surface area contributed by atoms with Crippen molar-refractivity contribution >= 4 is 23.6 Å². The maximum absolute atomic E-state index is 12.5. The van der Waals surface area contributed by atoms with Crippen LogP contribution in [0.2, 0.25) is 0 Å². The molecular formula is C22H22N2O4. The Morgan fingerprint density at radius 1 is 1.21 bits per heavy atom. The molecule has 28 heavy (non-hydrogen) atoms. The standard InChI is InChI=1S/C22H22N2O4/c1-3-15(2)16-8-10-19(11-9-16)24-22(27)18(13-23)12-17-6-4-5-7-20(17)28-14-21(25)26/h4-12,15H,3,14H2,1-2H3,(H,24,27)(H,25,26)/b18-12+/t15-/m1/s1. The highest BCUT2D eigenvalue weighted by Crippen LogP contribution is 2.23. The Labute approximate surface area is 164 Å². The van der Waals surface area contributed by atoms with Crippen molar-refractivity contribution in [1.29, 1.82) is 5.26 Å². The molecule has 2 aromatic carbocycles. The highest BCUT2D eigenvalue weighted by atomic mass is 16.5. The summed E-state index contributed by atoms with van der Waals surface area (Å²) >= 11 is 0. The van der Waals surface area contributed by atoms with Gasteiger partial charge < -0.3 is 15.2 Å². The van der Waals surface area contributed by atoms with Gasteiger partial charge in [-0.25, -0.2) is 4.79 Å². The number of carbonyl (C=O) groups is 2. The van der Waals surface area contributed by atoms with Crippen LogP contribution in [0.25, 0.3) is 6.08 Å². The van der Waals surface area contributed by atoms with Crippen molar-refractivity contribution in [2.45, 2.75) is 26.2 Å². The second-order valence-corrected chi connectivity index (χ2v) is 6.28. The summed E-state index contributed by atoms with van der Waals surface area (Å²) in [5, 5.41) is 20.8.